The van der Waals surface area contributed by atoms with E-state index in [0.29, 0.717) is 24.8 Å². The molecule has 8 heteroatoms. The summed E-state index contributed by atoms with van der Waals surface area (Å²) in [7, 11) is 0. The molecule has 1 aliphatic heterocycles. The number of esters is 1. The Morgan fingerprint density at radius 2 is 2.14 bits per heavy atom. The SMILES string of the molecule is CCOC(=O)c1cn(C2CC2)c2c(C=O)c(N3CCCC3CO)c(F)cc2c1=O. The topological polar surface area (TPSA) is 88.8 Å². The molecule has 1 aromatic heterocycles. The predicted octanol–water partition coefficient (Wildman–Crippen LogP) is 2.43. The summed E-state index contributed by atoms with van der Waals surface area (Å²) in [5, 5.41) is 9.64. The number of carbonyl (C=O) groups is 2. The third-order valence-electron chi connectivity index (χ3n) is 5.71. The molecule has 0 spiro atoms. The summed E-state index contributed by atoms with van der Waals surface area (Å²) in [5.74, 6) is -1.47. The Labute approximate surface area is 166 Å². The summed E-state index contributed by atoms with van der Waals surface area (Å²) in [6, 6.07) is 0.866. The summed E-state index contributed by atoms with van der Waals surface area (Å²) < 4.78 is 21.9. The van der Waals surface area contributed by atoms with Crippen LogP contribution in [0, 0.1) is 5.82 Å². The molecule has 1 N–H and O–H groups in total. The summed E-state index contributed by atoms with van der Waals surface area (Å²) >= 11 is 0. The maximum Gasteiger partial charge on any atom is 0.343 e. The number of hydrogen-bond donors (Lipinski definition) is 1. The molecule has 2 heterocycles. The van der Waals surface area contributed by atoms with E-state index in [-0.39, 0.29) is 47.5 Å². The van der Waals surface area contributed by atoms with Crippen molar-refractivity contribution in [2.75, 3.05) is 24.7 Å². The van der Waals surface area contributed by atoms with Gasteiger partial charge in [-0.1, -0.05) is 0 Å². The van der Waals surface area contributed by atoms with Gasteiger partial charge in [0, 0.05) is 18.8 Å². The molecule has 1 aliphatic carbocycles. The summed E-state index contributed by atoms with van der Waals surface area (Å²) in [6.07, 6.45) is 5.16. The minimum atomic E-state index is -0.758. The van der Waals surface area contributed by atoms with E-state index in [1.54, 1.807) is 16.4 Å². The normalized spacial score (nSPS) is 19.0. The van der Waals surface area contributed by atoms with Gasteiger partial charge in [-0.2, -0.15) is 0 Å². The van der Waals surface area contributed by atoms with E-state index in [1.165, 1.54) is 6.20 Å². The van der Waals surface area contributed by atoms with Gasteiger partial charge in [-0.25, -0.2) is 9.18 Å². The van der Waals surface area contributed by atoms with Gasteiger partial charge >= 0.3 is 5.97 Å². The molecule has 29 heavy (non-hydrogen) atoms. The fraction of sp³-hybridized carbons (Fsp3) is 0.476. The van der Waals surface area contributed by atoms with Gasteiger partial charge < -0.3 is 19.3 Å². The van der Waals surface area contributed by atoms with Gasteiger partial charge in [0.1, 0.15) is 11.4 Å². The second-order valence-corrected chi connectivity index (χ2v) is 7.54. The number of aliphatic hydroxyl groups excluding tert-OH is 1. The largest absolute Gasteiger partial charge is 0.462 e. The number of hydrogen-bond acceptors (Lipinski definition) is 6. The van der Waals surface area contributed by atoms with Crippen LogP contribution in [-0.4, -0.2) is 47.7 Å². The van der Waals surface area contributed by atoms with Crippen LogP contribution in [-0.2, 0) is 4.74 Å². The number of nitrogens with zero attached hydrogens (tertiary/aromatic N) is 2. The van der Waals surface area contributed by atoms with Crippen LogP contribution in [0.2, 0.25) is 0 Å². The zero-order valence-corrected chi connectivity index (χ0v) is 16.2. The second kappa shape index (κ2) is 7.59. The molecule has 1 saturated heterocycles. The summed E-state index contributed by atoms with van der Waals surface area (Å²) in [5.41, 5.74) is -0.282. The minimum Gasteiger partial charge on any atom is -0.462 e. The average Bonchev–Trinajstić information content (AvgIpc) is 3.45. The first-order chi connectivity index (χ1) is 14.0. The number of aliphatic hydroxyl groups is 1. The number of ether oxygens (including phenoxy) is 1. The van der Waals surface area contributed by atoms with Gasteiger partial charge in [0.25, 0.3) is 0 Å². The zero-order valence-electron chi connectivity index (χ0n) is 16.2. The number of aromatic nitrogens is 1. The number of carbonyl (C=O) groups excluding carboxylic acids is 2. The van der Waals surface area contributed by atoms with Gasteiger partial charge in [0.2, 0.25) is 5.43 Å². The third kappa shape index (κ3) is 3.21. The summed E-state index contributed by atoms with van der Waals surface area (Å²) in [6.45, 7) is 2.13. The molecule has 7 nitrogen and oxygen atoms in total. The van der Waals surface area contributed by atoms with Crippen molar-refractivity contribution >= 4 is 28.8 Å². The standard InChI is InChI=1S/C21H23FN2O5/c1-2-29-21(28)15-9-24(12-5-6-12)18-14(20(15)27)8-17(22)19(16(18)11-26)23-7-3-4-13(23)10-25/h8-9,11-13,25H,2-7,10H2,1H3. The molecule has 2 aliphatic rings. The molecule has 1 unspecified atom stereocenters. The average molecular weight is 402 g/mol. The molecule has 4 rings (SSSR count). The smallest absolute Gasteiger partial charge is 0.343 e. The molecule has 0 bridgehead atoms. The van der Waals surface area contributed by atoms with Crippen molar-refractivity contribution in [1.82, 2.24) is 4.57 Å². The van der Waals surface area contributed by atoms with Crippen LogP contribution in [0.1, 0.15) is 59.4 Å². The Balaban J connectivity index is 2.03. The number of benzene rings is 1. The van der Waals surface area contributed by atoms with Gasteiger partial charge in [0.05, 0.1) is 41.4 Å². The first-order valence-corrected chi connectivity index (χ1v) is 9.92. The Bertz CT molecular complexity index is 1040. The lowest BCUT2D eigenvalue weighted by molar-refractivity contribution is 0.0524. The van der Waals surface area contributed by atoms with Crippen molar-refractivity contribution < 1.29 is 23.8 Å². The molecule has 0 amide bonds. The number of fused-ring (bicyclic) bond motifs is 1. The number of halogens is 1. The first-order valence-electron chi connectivity index (χ1n) is 9.92. The quantitative estimate of drug-likeness (QED) is 0.590. The van der Waals surface area contributed by atoms with Crippen molar-refractivity contribution in [3.05, 3.63) is 39.4 Å². The number of anilines is 1. The highest BCUT2D eigenvalue weighted by atomic mass is 19.1. The summed E-state index contributed by atoms with van der Waals surface area (Å²) in [4.78, 5) is 39.0. The third-order valence-corrected chi connectivity index (χ3v) is 5.71. The molecule has 0 radical (unpaired) electrons. The van der Waals surface area contributed by atoms with Crippen molar-refractivity contribution in [1.29, 1.82) is 0 Å². The van der Waals surface area contributed by atoms with Gasteiger partial charge in [-0.15, -0.1) is 0 Å². The van der Waals surface area contributed by atoms with Crippen molar-refractivity contribution in [2.45, 2.75) is 44.7 Å². The lowest BCUT2D eigenvalue weighted by atomic mass is 10.0. The lowest BCUT2D eigenvalue weighted by Crippen LogP contribution is -2.34. The van der Waals surface area contributed by atoms with Crippen LogP contribution in [0.25, 0.3) is 10.9 Å². The van der Waals surface area contributed by atoms with E-state index in [2.05, 4.69) is 0 Å². The highest BCUT2D eigenvalue weighted by Gasteiger charge is 2.33. The number of pyridine rings is 1. The van der Waals surface area contributed by atoms with E-state index in [0.717, 1.165) is 25.3 Å². The monoisotopic (exact) mass is 402 g/mol. The van der Waals surface area contributed by atoms with Crippen molar-refractivity contribution in [3.8, 4) is 0 Å². The fourth-order valence-electron chi connectivity index (χ4n) is 4.23. The molecule has 1 saturated carbocycles. The Morgan fingerprint density at radius 1 is 1.38 bits per heavy atom. The molecule has 2 aromatic rings. The molecule has 2 fully saturated rings. The van der Waals surface area contributed by atoms with E-state index in [1.807, 2.05) is 0 Å². The van der Waals surface area contributed by atoms with E-state index in [4.69, 9.17) is 4.74 Å². The number of rotatable bonds is 6. The Hall–Kier alpha value is -2.74. The molecule has 154 valence electrons. The highest BCUT2D eigenvalue weighted by molar-refractivity contribution is 6.04. The lowest BCUT2D eigenvalue weighted by Gasteiger charge is -2.28. The Morgan fingerprint density at radius 3 is 2.76 bits per heavy atom. The van der Waals surface area contributed by atoms with Crippen molar-refractivity contribution in [2.24, 2.45) is 0 Å². The van der Waals surface area contributed by atoms with Crippen molar-refractivity contribution in [3.63, 3.8) is 0 Å². The number of aldehydes is 1. The highest BCUT2D eigenvalue weighted by Crippen LogP contribution is 2.40. The Kier molecular flexibility index (Phi) is 5.12. The van der Waals surface area contributed by atoms with Crippen LogP contribution in [0.3, 0.4) is 0 Å². The molecular formula is C21H23FN2O5. The van der Waals surface area contributed by atoms with E-state index >= 15 is 4.39 Å². The van der Waals surface area contributed by atoms with Gasteiger partial charge in [-0.3, -0.25) is 9.59 Å². The van der Waals surface area contributed by atoms with E-state index in [9.17, 15) is 19.5 Å². The second-order valence-electron chi connectivity index (χ2n) is 7.54. The fourth-order valence-corrected chi connectivity index (χ4v) is 4.23. The zero-order chi connectivity index (χ0) is 20.7. The minimum absolute atomic E-state index is 0.00875. The maximum atomic E-state index is 15.2. The van der Waals surface area contributed by atoms with Crippen LogP contribution in [0.4, 0.5) is 10.1 Å². The maximum absolute atomic E-state index is 15.2. The first kappa shape index (κ1) is 19.6. The van der Waals surface area contributed by atoms with Crippen LogP contribution in [0.5, 0.6) is 0 Å². The predicted molar refractivity (Wildman–Crippen MR) is 105 cm³/mol. The molecular weight excluding hydrogens is 379 g/mol. The van der Waals surface area contributed by atoms with Crippen LogP contribution < -0.4 is 10.3 Å². The molecule has 1 aromatic carbocycles. The molecule has 1 atom stereocenters. The van der Waals surface area contributed by atoms with Gasteiger partial charge in [0.15, 0.2) is 6.29 Å². The van der Waals surface area contributed by atoms with Gasteiger partial charge in [-0.05, 0) is 38.7 Å². The van der Waals surface area contributed by atoms with E-state index < -0.39 is 17.2 Å². The van der Waals surface area contributed by atoms with Crippen LogP contribution >= 0.6 is 0 Å². The van der Waals surface area contributed by atoms with Crippen LogP contribution in [0.15, 0.2) is 17.1 Å².